The molecule has 2 aromatic carbocycles. The van der Waals surface area contributed by atoms with Gasteiger partial charge in [0, 0.05) is 36.0 Å². The number of carbonyl (C=O) groups excluding carboxylic acids is 3. The average molecular weight is 383 g/mol. The Morgan fingerprint density at radius 1 is 1.07 bits per heavy atom. The Kier molecular flexibility index (Phi) is 5.49. The summed E-state index contributed by atoms with van der Waals surface area (Å²) in [5, 5.41) is 2.77. The summed E-state index contributed by atoms with van der Waals surface area (Å²) in [6.45, 7) is 0.263. The first-order valence-corrected chi connectivity index (χ1v) is 8.66. The molecule has 1 saturated heterocycles. The summed E-state index contributed by atoms with van der Waals surface area (Å²) in [4.78, 5) is 37.7. The molecule has 0 aromatic heterocycles. The first kappa shape index (κ1) is 19.2. The number of hydrogen-bond acceptors (Lipinski definition) is 5. The van der Waals surface area contributed by atoms with Gasteiger partial charge in [0.15, 0.2) is 11.5 Å². The number of rotatable bonds is 6. The van der Waals surface area contributed by atoms with Crippen LogP contribution in [0.5, 0.6) is 11.5 Å². The lowest BCUT2D eigenvalue weighted by Crippen LogP contribution is -2.28. The van der Waals surface area contributed by atoms with E-state index in [9.17, 15) is 14.4 Å². The van der Waals surface area contributed by atoms with Crippen LogP contribution in [0.3, 0.4) is 0 Å². The largest absolute Gasteiger partial charge is 0.493 e. The van der Waals surface area contributed by atoms with Crippen LogP contribution in [0.1, 0.15) is 16.8 Å². The van der Waals surface area contributed by atoms with E-state index in [-0.39, 0.29) is 24.8 Å². The summed E-state index contributed by atoms with van der Waals surface area (Å²) in [5.74, 6) is -0.359. The molecule has 8 heteroatoms. The first-order valence-electron chi connectivity index (χ1n) is 8.66. The lowest BCUT2D eigenvalue weighted by atomic mass is 10.1. The standard InChI is InChI=1S/C20H21N3O5/c1-27-16-8-7-15(10-17(16)28-2)23-11-13(9-18(23)24)20(26)22-14-5-3-12(4-6-14)19(21)25/h3-8,10,13H,9,11H2,1-2H3,(H2,21,25)(H,22,26). The van der Waals surface area contributed by atoms with E-state index in [1.807, 2.05) is 0 Å². The van der Waals surface area contributed by atoms with Gasteiger partial charge in [0.1, 0.15) is 0 Å². The normalized spacial score (nSPS) is 16.0. The Balaban J connectivity index is 1.70. The molecular formula is C20H21N3O5. The quantitative estimate of drug-likeness (QED) is 0.790. The van der Waals surface area contributed by atoms with Gasteiger partial charge in [0.05, 0.1) is 20.1 Å². The fourth-order valence-electron chi connectivity index (χ4n) is 3.09. The minimum absolute atomic E-state index is 0.111. The van der Waals surface area contributed by atoms with Crippen LogP contribution in [-0.4, -0.2) is 38.5 Å². The molecule has 3 rings (SSSR count). The maximum absolute atomic E-state index is 12.6. The van der Waals surface area contributed by atoms with Crippen molar-refractivity contribution in [3.63, 3.8) is 0 Å². The predicted octanol–water partition coefficient (Wildman–Crippen LogP) is 1.79. The van der Waals surface area contributed by atoms with Gasteiger partial charge >= 0.3 is 0 Å². The Bertz CT molecular complexity index is 911. The summed E-state index contributed by atoms with van der Waals surface area (Å²) in [7, 11) is 3.06. The number of nitrogens with zero attached hydrogens (tertiary/aromatic N) is 1. The average Bonchev–Trinajstić information content (AvgIpc) is 3.09. The van der Waals surface area contributed by atoms with Crippen LogP contribution in [0, 0.1) is 5.92 Å². The van der Waals surface area contributed by atoms with Gasteiger partial charge in [0.2, 0.25) is 17.7 Å². The Labute approximate surface area is 162 Å². The SMILES string of the molecule is COc1ccc(N2CC(C(=O)Nc3ccc(C(N)=O)cc3)CC2=O)cc1OC. The second-order valence-electron chi connectivity index (χ2n) is 6.38. The van der Waals surface area contributed by atoms with Gasteiger partial charge in [0.25, 0.3) is 0 Å². The third-order valence-corrected chi connectivity index (χ3v) is 4.61. The number of ether oxygens (including phenoxy) is 2. The lowest BCUT2D eigenvalue weighted by Gasteiger charge is -2.18. The molecule has 3 N–H and O–H groups in total. The molecule has 2 aromatic rings. The summed E-state index contributed by atoms with van der Waals surface area (Å²) < 4.78 is 10.5. The maximum atomic E-state index is 12.6. The van der Waals surface area contributed by atoms with Gasteiger partial charge in [-0.15, -0.1) is 0 Å². The molecule has 0 aliphatic carbocycles. The molecule has 0 spiro atoms. The van der Waals surface area contributed by atoms with Crippen molar-refractivity contribution in [3.8, 4) is 11.5 Å². The van der Waals surface area contributed by atoms with Crippen molar-refractivity contribution in [2.45, 2.75) is 6.42 Å². The van der Waals surface area contributed by atoms with Crippen molar-refractivity contribution in [1.82, 2.24) is 0 Å². The number of amides is 3. The highest BCUT2D eigenvalue weighted by atomic mass is 16.5. The fourth-order valence-corrected chi connectivity index (χ4v) is 3.09. The van der Waals surface area contributed by atoms with Crippen LogP contribution in [0.15, 0.2) is 42.5 Å². The van der Waals surface area contributed by atoms with Crippen molar-refractivity contribution >= 4 is 29.1 Å². The van der Waals surface area contributed by atoms with Crippen LogP contribution in [0.25, 0.3) is 0 Å². The molecule has 0 bridgehead atoms. The zero-order chi connectivity index (χ0) is 20.3. The van der Waals surface area contributed by atoms with Crippen molar-refractivity contribution < 1.29 is 23.9 Å². The molecule has 1 fully saturated rings. The molecule has 1 atom stereocenters. The Morgan fingerprint density at radius 3 is 2.36 bits per heavy atom. The molecule has 1 heterocycles. The molecule has 1 aliphatic heterocycles. The highest BCUT2D eigenvalue weighted by Crippen LogP contribution is 2.34. The van der Waals surface area contributed by atoms with E-state index in [0.717, 1.165) is 0 Å². The highest BCUT2D eigenvalue weighted by Gasteiger charge is 2.35. The van der Waals surface area contributed by atoms with E-state index in [1.54, 1.807) is 35.2 Å². The second-order valence-corrected chi connectivity index (χ2v) is 6.38. The van der Waals surface area contributed by atoms with E-state index >= 15 is 0 Å². The molecule has 1 unspecified atom stereocenters. The molecular weight excluding hydrogens is 362 g/mol. The van der Waals surface area contributed by atoms with E-state index < -0.39 is 11.8 Å². The predicted molar refractivity (Wildman–Crippen MR) is 104 cm³/mol. The van der Waals surface area contributed by atoms with Crippen molar-refractivity contribution in [3.05, 3.63) is 48.0 Å². The van der Waals surface area contributed by atoms with Gasteiger partial charge in [-0.25, -0.2) is 0 Å². The van der Waals surface area contributed by atoms with Crippen molar-refractivity contribution in [2.75, 3.05) is 31.0 Å². The van der Waals surface area contributed by atoms with Crippen LogP contribution >= 0.6 is 0 Å². The topological polar surface area (TPSA) is 111 Å². The maximum Gasteiger partial charge on any atom is 0.248 e. The zero-order valence-corrected chi connectivity index (χ0v) is 15.6. The van der Waals surface area contributed by atoms with Gasteiger partial charge < -0.3 is 25.4 Å². The van der Waals surface area contributed by atoms with Crippen LogP contribution in [-0.2, 0) is 9.59 Å². The van der Waals surface area contributed by atoms with Gasteiger partial charge in [-0.1, -0.05) is 0 Å². The minimum Gasteiger partial charge on any atom is -0.493 e. The molecule has 0 radical (unpaired) electrons. The lowest BCUT2D eigenvalue weighted by molar-refractivity contribution is -0.122. The van der Waals surface area contributed by atoms with Gasteiger partial charge in [-0.3, -0.25) is 14.4 Å². The number of nitrogens with one attached hydrogen (secondary N) is 1. The van der Waals surface area contributed by atoms with E-state index in [4.69, 9.17) is 15.2 Å². The van der Waals surface area contributed by atoms with Crippen LogP contribution < -0.4 is 25.4 Å². The number of carbonyl (C=O) groups is 3. The molecule has 0 saturated carbocycles. The van der Waals surface area contributed by atoms with Gasteiger partial charge in [-0.2, -0.15) is 0 Å². The van der Waals surface area contributed by atoms with Crippen LogP contribution in [0.4, 0.5) is 11.4 Å². The number of hydrogen-bond donors (Lipinski definition) is 2. The molecule has 3 amide bonds. The second kappa shape index (κ2) is 7.99. The van der Waals surface area contributed by atoms with Crippen molar-refractivity contribution in [2.24, 2.45) is 11.7 Å². The number of benzene rings is 2. The van der Waals surface area contributed by atoms with Gasteiger partial charge in [-0.05, 0) is 36.4 Å². The molecule has 8 nitrogen and oxygen atoms in total. The summed E-state index contributed by atoms with van der Waals surface area (Å²) in [6.07, 6.45) is 0.111. The summed E-state index contributed by atoms with van der Waals surface area (Å²) in [6, 6.07) is 11.4. The first-order chi connectivity index (χ1) is 13.4. The number of primary amides is 1. The molecule has 146 valence electrons. The highest BCUT2D eigenvalue weighted by molar-refractivity contribution is 6.03. The Hall–Kier alpha value is -3.55. The molecule has 1 aliphatic rings. The van der Waals surface area contributed by atoms with Crippen molar-refractivity contribution in [1.29, 1.82) is 0 Å². The molecule has 28 heavy (non-hydrogen) atoms. The third kappa shape index (κ3) is 3.90. The number of methoxy groups -OCH3 is 2. The van der Waals surface area contributed by atoms with E-state index in [2.05, 4.69) is 5.32 Å². The Morgan fingerprint density at radius 2 is 1.75 bits per heavy atom. The minimum atomic E-state index is -0.537. The number of anilines is 2. The number of nitrogens with two attached hydrogens (primary N) is 1. The smallest absolute Gasteiger partial charge is 0.248 e. The summed E-state index contributed by atoms with van der Waals surface area (Å²) in [5.41, 5.74) is 6.74. The van der Waals surface area contributed by atoms with E-state index in [0.29, 0.717) is 28.4 Å². The monoisotopic (exact) mass is 383 g/mol. The fraction of sp³-hybridized carbons (Fsp3) is 0.250. The van der Waals surface area contributed by atoms with Crippen LogP contribution in [0.2, 0.25) is 0 Å². The summed E-state index contributed by atoms with van der Waals surface area (Å²) >= 11 is 0. The zero-order valence-electron chi connectivity index (χ0n) is 15.6. The van der Waals surface area contributed by atoms with E-state index in [1.165, 1.54) is 26.4 Å². The third-order valence-electron chi connectivity index (χ3n) is 4.61.